The molecule has 0 radical (unpaired) electrons. The number of aliphatic carboxylic acids is 1. The van der Waals surface area contributed by atoms with Gasteiger partial charge in [-0.25, -0.2) is 4.79 Å². The zero-order valence-corrected chi connectivity index (χ0v) is 23.3. The van der Waals surface area contributed by atoms with E-state index in [0.29, 0.717) is 9.90 Å². The summed E-state index contributed by atoms with van der Waals surface area (Å²) >= 11 is 7.30. The van der Waals surface area contributed by atoms with Crippen LogP contribution in [0.5, 0.6) is 5.75 Å². The number of urea groups is 1. The summed E-state index contributed by atoms with van der Waals surface area (Å²) in [5, 5.41) is 28.3. The molecule has 1 aromatic carbocycles. The number of pyridine rings is 1. The van der Waals surface area contributed by atoms with E-state index in [9.17, 15) is 24.6 Å². The maximum atomic E-state index is 12.4. The molecule has 12 heteroatoms. The van der Waals surface area contributed by atoms with Crippen molar-refractivity contribution >= 4 is 40.6 Å². The van der Waals surface area contributed by atoms with Crippen LogP contribution in [0.3, 0.4) is 0 Å². The van der Waals surface area contributed by atoms with Gasteiger partial charge in [-0.15, -0.1) is 11.3 Å². The van der Waals surface area contributed by atoms with E-state index in [1.807, 2.05) is 6.07 Å². The quantitative estimate of drug-likeness (QED) is 0.339. The first-order valence-corrected chi connectivity index (χ1v) is 9.93. The largest absolute Gasteiger partial charge is 1.00 e. The summed E-state index contributed by atoms with van der Waals surface area (Å²) in [5.74, 6) is -2.01. The Morgan fingerprint density at radius 3 is 2.56 bits per heavy atom. The van der Waals surface area contributed by atoms with E-state index in [1.165, 1.54) is 24.6 Å². The number of benzene rings is 1. The van der Waals surface area contributed by atoms with Crippen LogP contribution in [0.2, 0.25) is 5.02 Å². The maximum Gasteiger partial charge on any atom is 1.00 e. The van der Waals surface area contributed by atoms with E-state index in [1.54, 1.807) is 30.3 Å². The third-order valence-electron chi connectivity index (χ3n) is 4.22. The van der Waals surface area contributed by atoms with Gasteiger partial charge in [0.1, 0.15) is 5.69 Å². The molecule has 0 bridgehead atoms. The Bertz CT molecular complexity index is 1170. The van der Waals surface area contributed by atoms with Gasteiger partial charge in [-0.1, -0.05) is 35.5 Å². The zero-order chi connectivity index (χ0) is 21.8. The molecule has 0 aliphatic rings. The van der Waals surface area contributed by atoms with E-state index >= 15 is 0 Å². The van der Waals surface area contributed by atoms with Gasteiger partial charge >= 0.3 is 65.1 Å². The summed E-state index contributed by atoms with van der Waals surface area (Å²) in [6.45, 7) is 0. The molecule has 32 heavy (non-hydrogen) atoms. The summed E-state index contributed by atoms with van der Waals surface area (Å²) in [6, 6.07) is 9.99. The Balaban J connectivity index is 0.00000256. The van der Waals surface area contributed by atoms with Crippen LogP contribution < -0.4 is 85.5 Å². The van der Waals surface area contributed by atoms with Crippen molar-refractivity contribution in [3.8, 4) is 16.2 Å². The molecule has 1 atom stereocenters. The fourth-order valence-electron chi connectivity index (χ4n) is 2.76. The second-order valence-electron chi connectivity index (χ2n) is 6.41. The van der Waals surface area contributed by atoms with Gasteiger partial charge in [-0.05, 0) is 29.8 Å². The number of amides is 2. The number of aromatic nitrogens is 1. The van der Waals surface area contributed by atoms with E-state index in [-0.39, 0.29) is 59.1 Å². The van der Waals surface area contributed by atoms with Gasteiger partial charge in [0.25, 0.3) is 5.56 Å². The summed E-state index contributed by atoms with van der Waals surface area (Å²) in [7, 11) is 1.44. The monoisotopic (exact) mass is 491 g/mol. The third kappa shape index (κ3) is 7.36. The first-order valence-electron chi connectivity index (χ1n) is 8.74. The molecule has 3 rings (SSSR count). The number of hydrogen-bond acceptors (Lipinski definition) is 6. The van der Waals surface area contributed by atoms with Crippen LogP contribution in [0, 0.1) is 0 Å². The van der Waals surface area contributed by atoms with Crippen LogP contribution in [-0.4, -0.2) is 16.6 Å². The number of halogens is 1. The molecule has 0 spiro atoms. The molecule has 3 aromatic rings. The molecule has 2 amide bonds. The van der Waals surface area contributed by atoms with E-state index < -0.39 is 41.5 Å². The summed E-state index contributed by atoms with van der Waals surface area (Å²) in [5.41, 5.74) is -0.247. The minimum absolute atomic E-state index is 0. The molecule has 0 unspecified atom stereocenters. The van der Waals surface area contributed by atoms with Crippen LogP contribution in [-0.2, 0) is 11.8 Å². The smallest absolute Gasteiger partial charge is 0.871 e. The average Bonchev–Trinajstić information content (AvgIpc) is 3.18. The van der Waals surface area contributed by atoms with E-state index in [0.717, 1.165) is 21.1 Å². The first kappa shape index (κ1) is 28.7. The number of thiophene rings is 1. The van der Waals surface area contributed by atoms with Gasteiger partial charge in [0.05, 0.1) is 6.04 Å². The average molecular weight is 492 g/mol. The standard InChI is InChI=1S/C20H18ClN3O5S.2Na/c1-24-8-7-14(25)18(19(24)28)23-20(29)22-13(10-17(26)27)16-6-5-15(30-16)11-3-2-4-12(21)9-11;;/h2-9,13,25H,10H2,1H3,(H,26,27)(H2,22,23,29);;/q;2*+1/p-2/t13-;;/m0../s1. The number of aryl methyl sites for hydroxylation is 1. The third-order valence-corrected chi connectivity index (χ3v) is 5.71. The van der Waals surface area contributed by atoms with Gasteiger partial charge in [0.15, 0.2) is 0 Å². The molecule has 156 valence electrons. The van der Waals surface area contributed by atoms with Gasteiger partial charge in [0.2, 0.25) is 0 Å². The van der Waals surface area contributed by atoms with Crippen molar-refractivity contribution in [1.29, 1.82) is 0 Å². The molecule has 2 aromatic heterocycles. The van der Waals surface area contributed by atoms with Crippen LogP contribution in [0.1, 0.15) is 17.3 Å². The van der Waals surface area contributed by atoms with Gasteiger partial charge < -0.3 is 30.2 Å². The van der Waals surface area contributed by atoms with Crippen molar-refractivity contribution in [3.63, 3.8) is 0 Å². The number of carboxylic acid groups (broad SMARTS) is 1. The molecule has 2 heterocycles. The number of carbonyl (C=O) groups excluding carboxylic acids is 2. The van der Waals surface area contributed by atoms with E-state index in [2.05, 4.69) is 10.6 Å². The van der Waals surface area contributed by atoms with Gasteiger partial charge in [-0.2, -0.15) is 0 Å². The van der Waals surface area contributed by atoms with Crippen molar-refractivity contribution < 1.29 is 78.9 Å². The Kier molecular flexibility index (Phi) is 11.5. The van der Waals surface area contributed by atoms with Crippen molar-refractivity contribution in [3.05, 3.63) is 68.9 Å². The predicted octanol–water partition coefficient (Wildman–Crippen LogP) is -4.15. The van der Waals surface area contributed by atoms with Gasteiger partial charge in [0, 0.05) is 40.4 Å². The molecule has 0 aliphatic heterocycles. The van der Waals surface area contributed by atoms with Crippen molar-refractivity contribution in [2.24, 2.45) is 7.05 Å². The molecule has 8 nitrogen and oxygen atoms in total. The molecular formula is C20H16ClN3Na2O5S. The van der Waals surface area contributed by atoms with Crippen LogP contribution >= 0.6 is 22.9 Å². The number of carbonyl (C=O) groups is 2. The second kappa shape index (κ2) is 12.8. The topological polar surface area (TPSA) is 126 Å². The molecular weight excluding hydrogens is 476 g/mol. The Hall–Kier alpha value is -1.30. The van der Waals surface area contributed by atoms with E-state index in [4.69, 9.17) is 11.6 Å². The van der Waals surface area contributed by atoms with Crippen molar-refractivity contribution in [2.45, 2.75) is 12.5 Å². The first-order chi connectivity index (χ1) is 14.2. The minimum Gasteiger partial charge on any atom is -0.871 e. The number of carboxylic acids is 1. The molecule has 0 aliphatic carbocycles. The maximum absolute atomic E-state index is 12.4. The SMILES string of the molecule is Cn1ccc([O-])c(NC(=O)N[C@@H](CC(=O)[O-])c2ccc(-c3cccc(Cl)c3)s2)c1=O.[Na+].[Na+]. The fourth-order valence-corrected chi connectivity index (χ4v) is 4.01. The number of rotatable bonds is 6. The second-order valence-corrected chi connectivity index (χ2v) is 7.96. The van der Waals surface area contributed by atoms with Crippen LogP contribution in [0.4, 0.5) is 10.5 Å². The van der Waals surface area contributed by atoms with Crippen LogP contribution in [0.15, 0.2) is 53.5 Å². The number of hydrogen-bond donors (Lipinski definition) is 2. The number of nitrogens with one attached hydrogen (secondary N) is 2. The summed E-state index contributed by atoms with van der Waals surface area (Å²) in [4.78, 5) is 37.0. The minimum atomic E-state index is -1.36. The molecule has 0 saturated heterocycles. The van der Waals surface area contributed by atoms with Gasteiger partial charge in [-0.3, -0.25) is 4.79 Å². The fraction of sp³-hybridized carbons (Fsp3) is 0.150. The molecule has 2 N–H and O–H groups in total. The number of nitrogens with zero attached hydrogens (tertiary/aromatic N) is 1. The molecule has 0 saturated carbocycles. The number of anilines is 1. The summed E-state index contributed by atoms with van der Waals surface area (Å²) in [6.07, 6.45) is 0.801. The van der Waals surface area contributed by atoms with Crippen molar-refractivity contribution in [1.82, 2.24) is 9.88 Å². The predicted molar refractivity (Wildman–Crippen MR) is 110 cm³/mol. The summed E-state index contributed by atoms with van der Waals surface area (Å²) < 4.78 is 1.15. The Morgan fingerprint density at radius 1 is 1.19 bits per heavy atom. The zero-order valence-electron chi connectivity index (χ0n) is 17.7. The van der Waals surface area contributed by atoms with Crippen molar-refractivity contribution in [2.75, 3.05) is 5.32 Å². The van der Waals surface area contributed by atoms with Crippen LogP contribution in [0.25, 0.3) is 10.4 Å². The normalized spacial score (nSPS) is 10.9. The molecule has 0 fully saturated rings. The Labute approximate surface area is 237 Å². The Morgan fingerprint density at radius 2 is 1.91 bits per heavy atom.